The lowest BCUT2D eigenvalue weighted by molar-refractivity contribution is -0.122. The van der Waals surface area contributed by atoms with E-state index in [1.165, 1.54) is 17.0 Å². The normalized spacial score (nSPS) is 16.9. The second-order valence-corrected chi connectivity index (χ2v) is 6.25. The molecule has 0 aliphatic carbocycles. The van der Waals surface area contributed by atoms with Gasteiger partial charge in [0.15, 0.2) is 0 Å². The summed E-state index contributed by atoms with van der Waals surface area (Å²) in [4.78, 5) is 30.7. The minimum Gasteiger partial charge on any atom is -0.325 e. The highest BCUT2D eigenvalue weighted by Crippen LogP contribution is 2.27. The van der Waals surface area contributed by atoms with Crippen LogP contribution in [0.3, 0.4) is 0 Å². The SMILES string of the molecule is O=C(Nc1cccc2ncccc12)C1CC(=O)N(c2ccc(F)cc2)C1. The van der Waals surface area contributed by atoms with E-state index < -0.39 is 5.92 Å². The molecule has 1 unspecified atom stereocenters. The zero-order valence-corrected chi connectivity index (χ0v) is 13.9. The highest BCUT2D eigenvalue weighted by molar-refractivity contribution is 6.06. The number of hydrogen-bond acceptors (Lipinski definition) is 3. The zero-order chi connectivity index (χ0) is 18.1. The Morgan fingerprint density at radius 2 is 1.92 bits per heavy atom. The van der Waals surface area contributed by atoms with Crippen LogP contribution in [0.1, 0.15) is 6.42 Å². The van der Waals surface area contributed by atoms with Crippen LogP contribution >= 0.6 is 0 Å². The van der Waals surface area contributed by atoms with Crippen molar-refractivity contribution >= 4 is 34.1 Å². The van der Waals surface area contributed by atoms with Crippen molar-refractivity contribution in [2.24, 2.45) is 5.92 Å². The first kappa shape index (κ1) is 16.2. The Hall–Kier alpha value is -3.28. The first-order chi connectivity index (χ1) is 12.6. The number of anilines is 2. The summed E-state index contributed by atoms with van der Waals surface area (Å²) in [7, 11) is 0. The number of hydrogen-bond donors (Lipinski definition) is 1. The smallest absolute Gasteiger partial charge is 0.229 e. The quantitative estimate of drug-likeness (QED) is 0.789. The third-order valence-electron chi connectivity index (χ3n) is 4.54. The average Bonchev–Trinajstić information content (AvgIpc) is 3.05. The average molecular weight is 349 g/mol. The van der Waals surface area contributed by atoms with Crippen LogP contribution < -0.4 is 10.2 Å². The van der Waals surface area contributed by atoms with Crippen LogP contribution in [-0.2, 0) is 9.59 Å². The molecule has 3 aromatic rings. The fourth-order valence-corrected chi connectivity index (χ4v) is 3.20. The fourth-order valence-electron chi connectivity index (χ4n) is 3.20. The lowest BCUT2D eigenvalue weighted by atomic mass is 10.1. The predicted molar refractivity (Wildman–Crippen MR) is 97.2 cm³/mol. The molecule has 1 N–H and O–H groups in total. The van der Waals surface area contributed by atoms with Crippen LogP contribution in [0.4, 0.5) is 15.8 Å². The van der Waals surface area contributed by atoms with Crippen molar-refractivity contribution in [2.45, 2.75) is 6.42 Å². The number of rotatable bonds is 3. The first-order valence-electron chi connectivity index (χ1n) is 8.32. The molecule has 5 nitrogen and oxygen atoms in total. The third-order valence-corrected chi connectivity index (χ3v) is 4.54. The molecule has 1 saturated heterocycles. The zero-order valence-electron chi connectivity index (χ0n) is 13.9. The van der Waals surface area contributed by atoms with Crippen LogP contribution in [0.15, 0.2) is 60.8 Å². The Bertz CT molecular complexity index is 983. The molecule has 1 aliphatic heterocycles. The molecule has 2 heterocycles. The van der Waals surface area contributed by atoms with Crippen LogP contribution in [0.25, 0.3) is 10.9 Å². The maximum absolute atomic E-state index is 13.1. The maximum atomic E-state index is 13.1. The summed E-state index contributed by atoms with van der Waals surface area (Å²) in [5, 5.41) is 3.76. The van der Waals surface area contributed by atoms with Gasteiger partial charge in [-0.3, -0.25) is 14.6 Å². The van der Waals surface area contributed by atoms with Crippen molar-refractivity contribution in [3.8, 4) is 0 Å². The number of nitrogens with zero attached hydrogens (tertiary/aromatic N) is 2. The number of halogens is 1. The molecule has 6 heteroatoms. The summed E-state index contributed by atoms with van der Waals surface area (Å²) in [5.41, 5.74) is 2.06. The maximum Gasteiger partial charge on any atom is 0.229 e. The van der Waals surface area contributed by atoms with E-state index in [-0.39, 0.29) is 30.6 Å². The molecule has 26 heavy (non-hydrogen) atoms. The number of aromatic nitrogens is 1. The molecule has 1 aromatic heterocycles. The van der Waals surface area contributed by atoms with Crippen molar-refractivity contribution in [1.82, 2.24) is 4.98 Å². The van der Waals surface area contributed by atoms with Crippen molar-refractivity contribution in [3.05, 3.63) is 66.6 Å². The summed E-state index contributed by atoms with van der Waals surface area (Å²) in [6, 6.07) is 14.9. The monoisotopic (exact) mass is 349 g/mol. The van der Waals surface area contributed by atoms with Crippen molar-refractivity contribution < 1.29 is 14.0 Å². The van der Waals surface area contributed by atoms with Gasteiger partial charge < -0.3 is 10.2 Å². The third kappa shape index (κ3) is 3.01. The molecule has 1 fully saturated rings. The lowest BCUT2D eigenvalue weighted by Crippen LogP contribution is -2.28. The summed E-state index contributed by atoms with van der Waals surface area (Å²) in [6.45, 7) is 0.277. The molecule has 0 spiro atoms. The second kappa shape index (κ2) is 6.55. The van der Waals surface area contributed by atoms with Gasteiger partial charge in [0, 0.05) is 30.2 Å². The van der Waals surface area contributed by atoms with Crippen LogP contribution in [0.5, 0.6) is 0 Å². The van der Waals surface area contributed by atoms with Crippen LogP contribution in [-0.4, -0.2) is 23.3 Å². The Kier molecular flexibility index (Phi) is 4.08. The molecular weight excluding hydrogens is 333 g/mol. The van der Waals surface area contributed by atoms with Crippen molar-refractivity contribution in [3.63, 3.8) is 0 Å². The minimum absolute atomic E-state index is 0.131. The molecule has 2 aromatic carbocycles. The van der Waals surface area contributed by atoms with E-state index in [2.05, 4.69) is 10.3 Å². The molecule has 0 bridgehead atoms. The number of carbonyl (C=O) groups is 2. The van der Waals surface area contributed by atoms with Gasteiger partial charge in [0.1, 0.15) is 5.82 Å². The molecule has 4 rings (SSSR count). The van der Waals surface area contributed by atoms with Crippen LogP contribution in [0, 0.1) is 11.7 Å². The van der Waals surface area contributed by atoms with E-state index >= 15 is 0 Å². The Balaban J connectivity index is 1.52. The lowest BCUT2D eigenvalue weighted by Gasteiger charge is -2.17. The summed E-state index contributed by atoms with van der Waals surface area (Å²) in [5.74, 6) is -1.17. The summed E-state index contributed by atoms with van der Waals surface area (Å²) in [6.07, 6.45) is 1.83. The Labute approximate surface area is 149 Å². The molecule has 130 valence electrons. The molecular formula is C20H16FN3O2. The van der Waals surface area contributed by atoms with Gasteiger partial charge in [-0.05, 0) is 48.5 Å². The highest BCUT2D eigenvalue weighted by atomic mass is 19.1. The van der Waals surface area contributed by atoms with E-state index in [4.69, 9.17) is 0 Å². The minimum atomic E-state index is -0.459. The van der Waals surface area contributed by atoms with Gasteiger partial charge >= 0.3 is 0 Å². The van der Waals surface area contributed by atoms with Gasteiger partial charge in [-0.25, -0.2) is 4.39 Å². The Morgan fingerprint density at radius 1 is 1.12 bits per heavy atom. The molecule has 1 aliphatic rings. The molecule has 0 saturated carbocycles. The van der Waals surface area contributed by atoms with Gasteiger partial charge in [-0.15, -0.1) is 0 Å². The summed E-state index contributed by atoms with van der Waals surface area (Å²) >= 11 is 0. The van der Waals surface area contributed by atoms with E-state index in [1.807, 2.05) is 30.3 Å². The van der Waals surface area contributed by atoms with Gasteiger partial charge in [0.25, 0.3) is 0 Å². The molecule has 2 amide bonds. The van der Waals surface area contributed by atoms with E-state index in [9.17, 15) is 14.0 Å². The second-order valence-electron chi connectivity index (χ2n) is 6.25. The number of benzene rings is 2. The Morgan fingerprint density at radius 3 is 2.73 bits per heavy atom. The van der Waals surface area contributed by atoms with Gasteiger partial charge in [0.05, 0.1) is 17.1 Å². The number of amides is 2. The first-order valence-corrected chi connectivity index (χ1v) is 8.32. The van der Waals surface area contributed by atoms with Crippen molar-refractivity contribution in [1.29, 1.82) is 0 Å². The fraction of sp³-hybridized carbons (Fsp3) is 0.150. The highest BCUT2D eigenvalue weighted by Gasteiger charge is 2.35. The molecule has 0 radical (unpaired) electrons. The van der Waals surface area contributed by atoms with E-state index in [0.717, 1.165) is 10.9 Å². The predicted octanol–water partition coefficient (Wildman–Crippen LogP) is 3.37. The summed E-state index contributed by atoms with van der Waals surface area (Å²) < 4.78 is 13.1. The standard InChI is InChI=1S/C20H16FN3O2/c21-14-6-8-15(9-7-14)24-12-13(11-19(24)25)20(26)23-18-5-1-4-17-16(18)3-2-10-22-17/h1-10,13H,11-12H2,(H,23,26). The van der Waals surface area contributed by atoms with E-state index in [1.54, 1.807) is 18.3 Å². The van der Waals surface area contributed by atoms with Crippen molar-refractivity contribution in [2.75, 3.05) is 16.8 Å². The van der Waals surface area contributed by atoms with Gasteiger partial charge in [-0.2, -0.15) is 0 Å². The number of nitrogens with one attached hydrogen (secondary N) is 1. The number of pyridine rings is 1. The van der Waals surface area contributed by atoms with Crippen LogP contribution in [0.2, 0.25) is 0 Å². The van der Waals surface area contributed by atoms with E-state index in [0.29, 0.717) is 11.4 Å². The number of carbonyl (C=O) groups excluding carboxylic acids is 2. The molecule has 1 atom stereocenters. The number of fused-ring (bicyclic) bond motifs is 1. The topological polar surface area (TPSA) is 62.3 Å². The largest absolute Gasteiger partial charge is 0.325 e. The van der Waals surface area contributed by atoms with Gasteiger partial charge in [-0.1, -0.05) is 6.07 Å². The van der Waals surface area contributed by atoms with Gasteiger partial charge in [0.2, 0.25) is 11.8 Å².